The van der Waals surface area contributed by atoms with Gasteiger partial charge in [0.2, 0.25) is 0 Å². The lowest BCUT2D eigenvalue weighted by Gasteiger charge is -2.41. The zero-order chi connectivity index (χ0) is 14.2. The minimum Gasteiger partial charge on any atom is -0.489 e. The summed E-state index contributed by atoms with van der Waals surface area (Å²) in [5.41, 5.74) is -1.22. The van der Waals surface area contributed by atoms with E-state index < -0.39 is 11.2 Å². The van der Waals surface area contributed by atoms with Crippen LogP contribution in [0.1, 0.15) is 54.9 Å². The normalized spacial score (nSPS) is 19.7. The smallest absolute Gasteiger partial charge is 0.131 e. The summed E-state index contributed by atoms with van der Waals surface area (Å²) in [5.74, 6) is 1.00. The molecule has 0 aromatic carbocycles. The molecular weight excluding hydrogens is 226 g/mol. The van der Waals surface area contributed by atoms with E-state index in [1.807, 2.05) is 13.8 Å². The Hall–Kier alpha value is -0.540. The molecule has 1 aliphatic heterocycles. The number of ether oxygens (including phenoxy) is 1. The molecule has 106 valence electrons. The van der Waals surface area contributed by atoms with E-state index in [1.54, 1.807) is 13.8 Å². The molecule has 0 unspecified atom stereocenters. The SMILES string of the molecule is CC(C)(C)N1CC=C(OC(C)(C)C(C)(C)O)CC1. The summed E-state index contributed by atoms with van der Waals surface area (Å²) in [6, 6.07) is 0. The predicted molar refractivity (Wildman–Crippen MR) is 75.5 cm³/mol. The van der Waals surface area contributed by atoms with E-state index in [4.69, 9.17) is 4.74 Å². The van der Waals surface area contributed by atoms with Gasteiger partial charge in [-0.15, -0.1) is 0 Å². The van der Waals surface area contributed by atoms with Crippen molar-refractivity contribution in [2.75, 3.05) is 13.1 Å². The van der Waals surface area contributed by atoms with Crippen LogP contribution in [0.3, 0.4) is 0 Å². The fraction of sp³-hybridized carbons (Fsp3) is 0.867. The molecule has 0 spiro atoms. The quantitative estimate of drug-likeness (QED) is 0.841. The molecule has 0 atom stereocenters. The molecule has 0 radical (unpaired) electrons. The first-order valence-corrected chi connectivity index (χ1v) is 6.79. The second kappa shape index (κ2) is 4.86. The maximum Gasteiger partial charge on any atom is 0.131 e. The van der Waals surface area contributed by atoms with Crippen LogP contribution in [-0.4, -0.2) is 39.8 Å². The van der Waals surface area contributed by atoms with E-state index in [0.717, 1.165) is 25.3 Å². The summed E-state index contributed by atoms with van der Waals surface area (Å²) >= 11 is 0. The summed E-state index contributed by atoms with van der Waals surface area (Å²) in [4.78, 5) is 2.43. The average Bonchev–Trinajstić information content (AvgIpc) is 2.14. The van der Waals surface area contributed by atoms with E-state index in [1.165, 1.54) is 0 Å². The number of aliphatic hydroxyl groups is 1. The van der Waals surface area contributed by atoms with Crippen molar-refractivity contribution in [2.24, 2.45) is 0 Å². The minimum absolute atomic E-state index is 0.202. The Balaban J connectivity index is 2.65. The number of hydrogen-bond acceptors (Lipinski definition) is 3. The molecule has 1 aliphatic rings. The second-order valence-electron chi connectivity index (χ2n) is 7.21. The average molecular weight is 255 g/mol. The molecule has 0 bridgehead atoms. The zero-order valence-corrected chi connectivity index (χ0v) is 13.0. The van der Waals surface area contributed by atoms with Gasteiger partial charge in [0.15, 0.2) is 0 Å². The first-order valence-electron chi connectivity index (χ1n) is 6.79. The fourth-order valence-electron chi connectivity index (χ4n) is 1.81. The van der Waals surface area contributed by atoms with Gasteiger partial charge in [0.1, 0.15) is 5.60 Å². The predicted octanol–water partition coefficient (Wildman–Crippen LogP) is 2.94. The van der Waals surface area contributed by atoms with Crippen molar-refractivity contribution in [1.29, 1.82) is 0 Å². The van der Waals surface area contributed by atoms with Crippen LogP contribution in [0.5, 0.6) is 0 Å². The van der Waals surface area contributed by atoms with Gasteiger partial charge < -0.3 is 9.84 Å². The van der Waals surface area contributed by atoms with Crippen molar-refractivity contribution in [1.82, 2.24) is 4.90 Å². The number of rotatable bonds is 3. The lowest BCUT2D eigenvalue weighted by atomic mass is 9.89. The number of hydrogen-bond donors (Lipinski definition) is 1. The van der Waals surface area contributed by atoms with Gasteiger partial charge >= 0.3 is 0 Å². The van der Waals surface area contributed by atoms with E-state index in [0.29, 0.717) is 0 Å². The third kappa shape index (κ3) is 3.72. The van der Waals surface area contributed by atoms with Gasteiger partial charge in [-0.2, -0.15) is 0 Å². The first kappa shape index (κ1) is 15.5. The number of nitrogens with zero attached hydrogens (tertiary/aromatic N) is 1. The molecule has 3 nitrogen and oxygen atoms in total. The van der Waals surface area contributed by atoms with Gasteiger partial charge in [0, 0.05) is 25.0 Å². The summed E-state index contributed by atoms with van der Waals surface area (Å²) in [5, 5.41) is 10.1. The molecule has 0 aromatic heterocycles. The molecule has 0 fully saturated rings. The Morgan fingerprint density at radius 3 is 2.00 bits per heavy atom. The van der Waals surface area contributed by atoms with Crippen molar-refractivity contribution in [3.63, 3.8) is 0 Å². The van der Waals surface area contributed by atoms with Crippen LogP contribution in [0.25, 0.3) is 0 Å². The highest BCUT2D eigenvalue weighted by Crippen LogP contribution is 2.30. The highest BCUT2D eigenvalue weighted by molar-refractivity contribution is 5.05. The van der Waals surface area contributed by atoms with Gasteiger partial charge in [-0.05, 0) is 54.5 Å². The van der Waals surface area contributed by atoms with Crippen LogP contribution in [-0.2, 0) is 4.74 Å². The standard InChI is InChI=1S/C15H29NO2/c1-13(2,3)16-10-8-12(9-11-16)18-15(6,7)14(4,5)17/h8,17H,9-11H2,1-7H3. The van der Waals surface area contributed by atoms with Crippen molar-refractivity contribution >= 4 is 0 Å². The molecule has 0 saturated heterocycles. The van der Waals surface area contributed by atoms with Crippen molar-refractivity contribution in [3.05, 3.63) is 11.8 Å². The van der Waals surface area contributed by atoms with Crippen molar-refractivity contribution in [2.45, 2.75) is 71.6 Å². The summed E-state index contributed by atoms with van der Waals surface area (Å²) < 4.78 is 5.99. The molecule has 18 heavy (non-hydrogen) atoms. The summed E-state index contributed by atoms with van der Waals surface area (Å²) in [7, 11) is 0. The van der Waals surface area contributed by atoms with Crippen molar-refractivity contribution < 1.29 is 9.84 Å². The third-order valence-electron chi connectivity index (χ3n) is 3.98. The zero-order valence-electron chi connectivity index (χ0n) is 13.0. The van der Waals surface area contributed by atoms with Gasteiger partial charge in [-0.3, -0.25) is 4.90 Å². The molecule has 0 amide bonds. The van der Waals surface area contributed by atoms with Gasteiger partial charge in [-0.1, -0.05) is 0 Å². The molecule has 0 aliphatic carbocycles. The fourth-order valence-corrected chi connectivity index (χ4v) is 1.81. The highest BCUT2D eigenvalue weighted by atomic mass is 16.5. The van der Waals surface area contributed by atoms with Gasteiger partial charge in [0.05, 0.1) is 11.4 Å². The van der Waals surface area contributed by atoms with Crippen LogP contribution in [0.15, 0.2) is 11.8 Å². The van der Waals surface area contributed by atoms with Crippen molar-refractivity contribution in [3.8, 4) is 0 Å². The summed E-state index contributed by atoms with van der Waals surface area (Å²) in [6.45, 7) is 16.1. The van der Waals surface area contributed by atoms with Crippen LogP contribution in [0, 0.1) is 0 Å². The molecule has 0 aromatic rings. The van der Waals surface area contributed by atoms with Crippen LogP contribution < -0.4 is 0 Å². The van der Waals surface area contributed by atoms with E-state index in [-0.39, 0.29) is 5.54 Å². The molecule has 0 saturated carbocycles. The molecule has 1 heterocycles. The Morgan fingerprint density at radius 2 is 1.67 bits per heavy atom. The maximum atomic E-state index is 10.1. The lowest BCUT2D eigenvalue weighted by molar-refractivity contribution is -0.126. The molecule has 3 heteroatoms. The molecule has 1 N–H and O–H groups in total. The summed E-state index contributed by atoms with van der Waals surface area (Å²) in [6.07, 6.45) is 3.05. The Bertz CT molecular complexity index is 318. The molecular formula is C15H29NO2. The largest absolute Gasteiger partial charge is 0.489 e. The molecule has 1 rings (SSSR count). The highest BCUT2D eigenvalue weighted by Gasteiger charge is 2.38. The third-order valence-corrected chi connectivity index (χ3v) is 3.98. The van der Waals surface area contributed by atoms with Crippen LogP contribution in [0.2, 0.25) is 0 Å². The lowest BCUT2D eigenvalue weighted by Crippen LogP contribution is -2.48. The van der Waals surface area contributed by atoms with Gasteiger partial charge in [-0.25, -0.2) is 0 Å². The Kier molecular flexibility index (Phi) is 4.19. The van der Waals surface area contributed by atoms with E-state index in [9.17, 15) is 5.11 Å². The minimum atomic E-state index is -0.852. The van der Waals surface area contributed by atoms with E-state index >= 15 is 0 Å². The second-order valence-corrected chi connectivity index (χ2v) is 7.21. The Morgan fingerprint density at radius 1 is 1.11 bits per heavy atom. The van der Waals surface area contributed by atoms with Crippen LogP contribution >= 0.6 is 0 Å². The monoisotopic (exact) mass is 255 g/mol. The van der Waals surface area contributed by atoms with Crippen LogP contribution in [0.4, 0.5) is 0 Å². The van der Waals surface area contributed by atoms with Gasteiger partial charge in [0.25, 0.3) is 0 Å². The maximum absolute atomic E-state index is 10.1. The van der Waals surface area contributed by atoms with E-state index in [2.05, 4.69) is 31.7 Å². The first-order chi connectivity index (χ1) is 7.93. The Labute approximate surface area is 112 Å². The topological polar surface area (TPSA) is 32.7 Å².